The summed E-state index contributed by atoms with van der Waals surface area (Å²) in [6, 6.07) is 21.8. The van der Waals surface area contributed by atoms with Gasteiger partial charge in [-0.3, -0.25) is 0 Å². The van der Waals surface area contributed by atoms with Crippen LogP contribution < -0.4 is 29.7 Å². The number of ether oxygens (including phenoxy) is 4. The van der Waals surface area contributed by atoms with Crippen LogP contribution in [-0.4, -0.2) is 22.3 Å². The van der Waals surface area contributed by atoms with Gasteiger partial charge in [0.25, 0.3) is 0 Å². The number of nitrogens with zero attached hydrogens (tertiary/aromatic N) is 4. The summed E-state index contributed by atoms with van der Waals surface area (Å²) in [6.07, 6.45) is 39.9. The number of unbranched alkanes of at least 4 members (excludes halogenated alkanes) is 28. The van der Waals surface area contributed by atoms with E-state index in [4.69, 9.17) is 52.1 Å². The van der Waals surface area contributed by atoms with Crippen LogP contribution in [0.2, 0.25) is 10.0 Å². The van der Waals surface area contributed by atoms with Crippen molar-refractivity contribution in [2.75, 3.05) is 13.2 Å². The van der Waals surface area contributed by atoms with E-state index in [2.05, 4.69) is 97.5 Å². The van der Waals surface area contributed by atoms with Crippen molar-refractivity contribution in [3.8, 4) is 34.5 Å². The van der Waals surface area contributed by atoms with Crippen LogP contribution in [0.4, 0.5) is 11.4 Å². The van der Waals surface area contributed by atoms with E-state index in [1.54, 1.807) is 0 Å². The number of aromatic nitrogens is 2. The lowest BCUT2D eigenvalue weighted by atomic mass is 10.1. The van der Waals surface area contributed by atoms with E-state index in [-0.39, 0.29) is 0 Å². The lowest BCUT2D eigenvalue weighted by molar-refractivity contribution is 0.303. The molecule has 5 aromatic carbocycles. The average molecular weight is 1130 g/mol. The maximum absolute atomic E-state index is 7.66. The topological polar surface area (TPSA) is 71.5 Å². The van der Waals surface area contributed by atoms with Crippen LogP contribution in [0.1, 0.15) is 233 Å². The van der Waals surface area contributed by atoms with E-state index in [1.807, 2.05) is 0 Å². The second-order valence-corrected chi connectivity index (χ2v) is 24.0. The highest BCUT2D eigenvalue weighted by molar-refractivity contribution is 6.35. The predicted molar refractivity (Wildman–Crippen MR) is 339 cm³/mol. The quantitative estimate of drug-likeness (QED) is 0.0362. The van der Waals surface area contributed by atoms with E-state index in [0.29, 0.717) is 79.8 Å². The Hall–Kier alpha value is -4.92. The van der Waals surface area contributed by atoms with Gasteiger partial charge < -0.3 is 28.1 Å². The summed E-state index contributed by atoms with van der Waals surface area (Å²) < 4.78 is 33.0. The Balaban J connectivity index is 1.08. The first-order valence-electron chi connectivity index (χ1n) is 32.2. The molecule has 0 unspecified atom stereocenters. The molecule has 80 heavy (non-hydrogen) atoms. The van der Waals surface area contributed by atoms with Crippen molar-refractivity contribution in [2.45, 2.75) is 246 Å². The highest BCUT2D eigenvalue weighted by Gasteiger charge is 2.33. The van der Waals surface area contributed by atoms with Gasteiger partial charge in [-0.2, -0.15) is 0 Å². The van der Waals surface area contributed by atoms with Crippen molar-refractivity contribution in [2.24, 2.45) is 9.98 Å². The van der Waals surface area contributed by atoms with Crippen LogP contribution in [0.3, 0.4) is 0 Å². The maximum Gasteiger partial charge on any atom is 0.175 e. The number of fused-ring (bicyclic) bond motifs is 12. The van der Waals surface area contributed by atoms with E-state index >= 15 is 0 Å². The van der Waals surface area contributed by atoms with E-state index < -0.39 is 0 Å². The lowest BCUT2D eigenvalue weighted by Gasteiger charge is -2.24. The van der Waals surface area contributed by atoms with Crippen LogP contribution in [0, 0.1) is 0 Å². The predicted octanol–water partition coefficient (Wildman–Crippen LogP) is 22.6. The number of hydrogen-bond donors (Lipinski definition) is 0. The van der Waals surface area contributed by atoms with Crippen LogP contribution in [0.15, 0.2) is 70.6 Å². The third-order valence-electron chi connectivity index (χ3n) is 17.0. The second-order valence-electron chi connectivity index (χ2n) is 23.2. The van der Waals surface area contributed by atoms with Crippen LogP contribution in [0.25, 0.3) is 43.6 Å². The molecule has 9 rings (SSSR count). The van der Waals surface area contributed by atoms with E-state index in [1.165, 1.54) is 178 Å². The summed E-state index contributed by atoms with van der Waals surface area (Å²) in [4.78, 5) is 10.9. The first-order chi connectivity index (χ1) is 39.5. The molecule has 0 saturated heterocycles. The van der Waals surface area contributed by atoms with Gasteiger partial charge in [-0.25, -0.2) is 9.98 Å². The zero-order valence-electron chi connectivity index (χ0n) is 49.4. The highest BCUT2D eigenvalue weighted by atomic mass is 35.5. The normalized spacial score (nSPS) is 12.6. The molecule has 7 aromatic rings. The molecule has 0 radical (unpaired) electrons. The molecule has 0 atom stereocenters. The molecule has 0 spiro atoms. The molecule has 0 aliphatic carbocycles. The maximum atomic E-state index is 7.66. The zero-order chi connectivity index (χ0) is 55.5. The molecule has 2 aliphatic heterocycles. The summed E-state index contributed by atoms with van der Waals surface area (Å²) in [5.74, 6) is 3.35. The molecular weight excluding hydrogens is 1030 g/mol. The summed E-state index contributed by atoms with van der Waals surface area (Å²) in [5, 5.41) is 5.62. The van der Waals surface area contributed by atoms with Gasteiger partial charge in [0, 0.05) is 47.0 Å². The second kappa shape index (κ2) is 30.9. The fourth-order valence-corrected chi connectivity index (χ4v) is 13.0. The Kier molecular flexibility index (Phi) is 23.1. The Morgan fingerprint density at radius 2 is 0.688 bits per heavy atom. The molecule has 8 nitrogen and oxygen atoms in total. The minimum Gasteiger partial charge on any atom is -0.491 e. The molecule has 432 valence electrons. The largest absolute Gasteiger partial charge is 0.491 e. The lowest BCUT2D eigenvalue weighted by Crippen LogP contribution is -2.22. The molecule has 0 amide bonds. The van der Waals surface area contributed by atoms with Crippen molar-refractivity contribution < 1.29 is 18.9 Å². The van der Waals surface area contributed by atoms with Crippen LogP contribution in [0.5, 0.6) is 34.5 Å². The number of benzene rings is 5. The number of rotatable bonds is 38. The van der Waals surface area contributed by atoms with Gasteiger partial charge in [0.2, 0.25) is 0 Å². The SMILES string of the molecule is CCCCCCCCCCCCn1c2ccccc2c2c3c(c(OCCCCCCCC)cc21)N=c1c(Cl)c2c(c(Cl)c1O3)=Nc1c(OCCCCCCCC)cc3c(c1O2)c1ccccc1n3CCCCCCCCCCCC. The first kappa shape index (κ1) is 59.7. The molecule has 0 bridgehead atoms. The van der Waals surface area contributed by atoms with Crippen LogP contribution >= 0.6 is 23.2 Å². The Labute approximate surface area is 489 Å². The summed E-state index contributed by atoms with van der Waals surface area (Å²) in [6.45, 7) is 12.1. The Morgan fingerprint density at radius 1 is 0.375 bits per heavy atom. The summed E-state index contributed by atoms with van der Waals surface area (Å²) in [7, 11) is 0. The molecule has 0 fully saturated rings. The van der Waals surface area contributed by atoms with Gasteiger partial charge >= 0.3 is 0 Å². The third-order valence-corrected chi connectivity index (χ3v) is 17.7. The molecule has 2 aliphatic rings. The number of para-hydroxylation sites is 2. The monoisotopic (exact) mass is 1120 g/mol. The van der Waals surface area contributed by atoms with Gasteiger partial charge in [0.05, 0.1) is 35.0 Å². The van der Waals surface area contributed by atoms with E-state index in [9.17, 15) is 0 Å². The fraction of sp³-hybridized carbons (Fsp3) is 0.571. The van der Waals surface area contributed by atoms with Gasteiger partial charge in [-0.1, -0.05) is 267 Å². The minimum absolute atomic E-state index is 0.297. The van der Waals surface area contributed by atoms with E-state index in [0.717, 1.165) is 84.2 Å². The molecule has 2 aromatic heterocycles. The molecule has 0 N–H and O–H groups in total. The first-order valence-corrected chi connectivity index (χ1v) is 33.0. The van der Waals surface area contributed by atoms with Gasteiger partial charge in [-0.15, -0.1) is 0 Å². The number of hydrogen-bond acceptors (Lipinski definition) is 6. The highest BCUT2D eigenvalue weighted by Crippen LogP contribution is 2.54. The van der Waals surface area contributed by atoms with Crippen molar-refractivity contribution >= 4 is 78.2 Å². The molecular formula is C70H94Cl2N4O4. The minimum atomic E-state index is 0.297. The molecule has 10 heteroatoms. The van der Waals surface area contributed by atoms with Crippen molar-refractivity contribution in [1.82, 2.24) is 9.13 Å². The molecule has 4 heterocycles. The standard InChI is InChI=1S/C70H94Cl2N4O4/c1-5-9-13-17-21-23-25-27-29-37-45-75-53-43-35-33-41-51(53)59-55(75)49-57(77-47-39-31-19-15-11-7-3)63-67(59)79-69-61(71)66-70(62(72)65(69)73-63)80-68-60-52-42-34-36-44-54(52)76(46-38-30-28-26-24-22-18-14-10-6-2)56(60)50-58(64(68)74-66)78-48-40-32-20-16-12-8-4/h33-36,41-44,49-50H,5-32,37-40,45-48H2,1-4H3. The van der Waals surface area contributed by atoms with Gasteiger partial charge in [0.1, 0.15) is 32.1 Å². The van der Waals surface area contributed by atoms with Crippen molar-refractivity contribution in [3.63, 3.8) is 0 Å². The smallest absolute Gasteiger partial charge is 0.175 e. The van der Waals surface area contributed by atoms with Crippen molar-refractivity contribution in [1.29, 1.82) is 0 Å². The van der Waals surface area contributed by atoms with Crippen LogP contribution in [-0.2, 0) is 13.1 Å². The third kappa shape index (κ3) is 14.3. The summed E-state index contributed by atoms with van der Waals surface area (Å²) in [5.41, 5.74) is 5.72. The number of halogens is 2. The fourth-order valence-electron chi connectivity index (χ4n) is 12.5. The van der Waals surface area contributed by atoms with Gasteiger partial charge in [-0.05, 0) is 37.8 Å². The molecule has 0 saturated carbocycles. The van der Waals surface area contributed by atoms with Gasteiger partial charge in [0.15, 0.2) is 34.5 Å². The average Bonchev–Trinajstić information content (AvgIpc) is 3.98. The zero-order valence-corrected chi connectivity index (χ0v) is 50.9. The number of aryl methyl sites for hydroxylation is 2. The Bertz CT molecular complexity index is 3030. The Morgan fingerprint density at radius 3 is 1.04 bits per heavy atom. The summed E-state index contributed by atoms with van der Waals surface area (Å²) >= 11 is 15.3. The van der Waals surface area contributed by atoms with Crippen molar-refractivity contribution in [3.05, 3.63) is 81.4 Å².